The second-order valence-corrected chi connectivity index (χ2v) is 6.62. The standard InChI is InChI=1S/C20H23N5O3/c26-19(24-28)9-8-16-12-22-18(13-21-16)23-17-7-4-10-25(14-17)20(27)11-15-5-2-1-3-6-15/h1-3,5-6,8-9,12-13,17,28H,4,7,10-11,14H2,(H,22,23)(H,24,26)/t17-/m1/s1. The molecular formula is C20H23N5O3. The first-order valence-electron chi connectivity index (χ1n) is 9.16. The van der Waals surface area contributed by atoms with Gasteiger partial charge in [0.1, 0.15) is 5.82 Å². The lowest BCUT2D eigenvalue weighted by Gasteiger charge is -2.33. The predicted molar refractivity (Wildman–Crippen MR) is 104 cm³/mol. The number of amides is 2. The van der Waals surface area contributed by atoms with E-state index in [4.69, 9.17) is 5.21 Å². The van der Waals surface area contributed by atoms with Crippen LogP contribution < -0.4 is 10.8 Å². The number of anilines is 1. The number of carbonyl (C=O) groups is 2. The lowest BCUT2D eigenvalue weighted by atomic mass is 10.0. The van der Waals surface area contributed by atoms with Crippen molar-refractivity contribution >= 4 is 23.7 Å². The van der Waals surface area contributed by atoms with Gasteiger partial charge in [0.25, 0.3) is 5.91 Å². The normalized spacial score (nSPS) is 16.8. The van der Waals surface area contributed by atoms with E-state index in [2.05, 4.69) is 15.3 Å². The number of carbonyl (C=O) groups excluding carboxylic acids is 2. The summed E-state index contributed by atoms with van der Waals surface area (Å²) in [5.41, 5.74) is 3.03. The summed E-state index contributed by atoms with van der Waals surface area (Å²) in [4.78, 5) is 33.9. The van der Waals surface area contributed by atoms with Gasteiger partial charge >= 0.3 is 0 Å². The third-order valence-corrected chi connectivity index (χ3v) is 4.51. The Morgan fingerprint density at radius 2 is 2.04 bits per heavy atom. The third-order valence-electron chi connectivity index (χ3n) is 4.51. The molecule has 1 aromatic carbocycles. The number of nitrogens with zero attached hydrogens (tertiary/aromatic N) is 3. The number of hydrogen-bond acceptors (Lipinski definition) is 6. The molecule has 1 aliphatic rings. The van der Waals surface area contributed by atoms with E-state index >= 15 is 0 Å². The molecular weight excluding hydrogens is 358 g/mol. The minimum atomic E-state index is -0.633. The smallest absolute Gasteiger partial charge is 0.267 e. The van der Waals surface area contributed by atoms with Crippen LogP contribution in [-0.4, -0.2) is 51.0 Å². The molecule has 2 aromatic rings. The third kappa shape index (κ3) is 5.62. The monoisotopic (exact) mass is 381 g/mol. The zero-order valence-corrected chi connectivity index (χ0v) is 15.4. The number of piperidine rings is 1. The van der Waals surface area contributed by atoms with E-state index in [0.29, 0.717) is 24.5 Å². The first-order valence-corrected chi connectivity index (χ1v) is 9.16. The van der Waals surface area contributed by atoms with E-state index in [-0.39, 0.29) is 11.9 Å². The van der Waals surface area contributed by atoms with E-state index in [0.717, 1.165) is 31.0 Å². The molecule has 1 atom stereocenters. The molecule has 146 valence electrons. The van der Waals surface area contributed by atoms with Crippen LogP contribution in [0.4, 0.5) is 5.82 Å². The molecule has 0 aliphatic carbocycles. The first-order chi connectivity index (χ1) is 13.6. The zero-order chi connectivity index (χ0) is 19.8. The quantitative estimate of drug-likeness (QED) is 0.399. The minimum Gasteiger partial charge on any atom is -0.364 e. The second-order valence-electron chi connectivity index (χ2n) is 6.62. The van der Waals surface area contributed by atoms with Gasteiger partial charge in [-0.25, -0.2) is 10.5 Å². The van der Waals surface area contributed by atoms with Gasteiger partial charge in [-0.3, -0.25) is 19.8 Å². The van der Waals surface area contributed by atoms with Crippen molar-refractivity contribution in [2.24, 2.45) is 0 Å². The van der Waals surface area contributed by atoms with Gasteiger partial charge in [-0.05, 0) is 24.5 Å². The molecule has 28 heavy (non-hydrogen) atoms. The van der Waals surface area contributed by atoms with Crippen LogP contribution in [0.2, 0.25) is 0 Å². The second kappa shape index (κ2) is 9.61. The van der Waals surface area contributed by atoms with Gasteiger partial charge in [0, 0.05) is 25.2 Å². The Hall–Kier alpha value is -3.26. The molecule has 0 bridgehead atoms. The van der Waals surface area contributed by atoms with Crippen molar-refractivity contribution in [3.63, 3.8) is 0 Å². The number of aromatic nitrogens is 2. The molecule has 8 nitrogen and oxygen atoms in total. The largest absolute Gasteiger partial charge is 0.364 e. The van der Waals surface area contributed by atoms with E-state index in [9.17, 15) is 9.59 Å². The topological polar surface area (TPSA) is 107 Å². The minimum absolute atomic E-state index is 0.115. The number of hydroxylamine groups is 1. The lowest BCUT2D eigenvalue weighted by molar-refractivity contribution is -0.131. The highest BCUT2D eigenvalue weighted by atomic mass is 16.5. The molecule has 1 aliphatic heterocycles. The Morgan fingerprint density at radius 3 is 2.75 bits per heavy atom. The summed E-state index contributed by atoms with van der Waals surface area (Å²) in [6.07, 6.45) is 8.03. The summed E-state index contributed by atoms with van der Waals surface area (Å²) in [5, 5.41) is 11.8. The van der Waals surface area contributed by atoms with Crippen LogP contribution >= 0.6 is 0 Å². The van der Waals surface area contributed by atoms with E-state index in [1.54, 1.807) is 6.20 Å². The fraction of sp³-hybridized carbons (Fsp3) is 0.300. The number of likely N-dealkylation sites (tertiary alicyclic amines) is 1. The van der Waals surface area contributed by atoms with Gasteiger partial charge in [0.05, 0.1) is 24.5 Å². The average molecular weight is 381 g/mol. The molecule has 0 saturated carbocycles. The Kier molecular flexibility index (Phi) is 6.69. The van der Waals surface area contributed by atoms with Gasteiger partial charge < -0.3 is 10.2 Å². The fourth-order valence-electron chi connectivity index (χ4n) is 3.11. The van der Waals surface area contributed by atoms with Gasteiger partial charge in [0.15, 0.2) is 0 Å². The molecule has 8 heteroatoms. The van der Waals surface area contributed by atoms with Crippen molar-refractivity contribution in [2.45, 2.75) is 25.3 Å². The highest BCUT2D eigenvalue weighted by Crippen LogP contribution is 2.16. The maximum absolute atomic E-state index is 12.6. The summed E-state index contributed by atoms with van der Waals surface area (Å²) in [7, 11) is 0. The Labute approximate surface area is 163 Å². The van der Waals surface area contributed by atoms with Crippen LogP contribution in [0, 0.1) is 0 Å². The number of hydrogen-bond donors (Lipinski definition) is 3. The van der Waals surface area contributed by atoms with Crippen LogP contribution in [0.3, 0.4) is 0 Å². The van der Waals surface area contributed by atoms with Crippen molar-refractivity contribution in [3.8, 4) is 0 Å². The van der Waals surface area contributed by atoms with Crippen molar-refractivity contribution in [1.29, 1.82) is 0 Å². The van der Waals surface area contributed by atoms with Crippen LogP contribution in [0.5, 0.6) is 0 Å². The number of rotatable bonds is 6. The molecule has 0 spiro atoms. The summed E-state index contributed by atoms with van der Waals surface area (Å²) in [5.74, 6) is 0.115. The summed E-state index contributed by atoms with van der Waals surface area (Å²) in [6.45, 7) is 1.40. The predicted octanol–water partition coefficient (Wildman–Crippen LogP) is 1.64. The van der Waals surface area contributed by atoms with Gasteiger partial charge in [-0.1, -0.05) is 30.3 Å². The van der Waals surface area contributed by atoms with Crippen LogP contribution in [0.15, 0.2) is 48.8 Å². The molecule has 0 unspecified atom stereocenters. The molecule has 0 radical (unpaired) electrons. The Bertz CT molecular complexity index is 823. The Morgan fingerprint density at radius 1 is 1.21 bits per heavy atom. The molecule has 2 heterocycles. The first kappa shape index (κ1) is 19.5. The molecule has 2 amide bonds. The van der Waals surface area contributed by atoms with Crippen LogP contribution in [0.25, 0.3) is 6.08 Å². The van der Waals surface area contributed by atoms with Crippen LogP contribution in [0.1, 0.15) is 24.1 Å². The molecule has 1 fully saturated rings. The van der Waals surface area contributed by atoms with Gasteiger partial charge in [-0.2, -0.15) is 0 Å². The zero-order valence-electron chi connectivity index (χ0n) is 15.4. The van der Waals surface area contributed by atoms with Crippen molar-refractivity contribution in [3.05, 3.63) is 60.1 Å². The SMILES string of the molecule is O=C(C=Cc1cnc(N[C@@H]2CCCN(C(=O)Cc3ccccc3)C2)cn1)NO. The van der Waals surface area contributed by atoms with E-state index in [1.807, 2.05) is 35.2 Å². The van der Waals surface area contributed by atoms with E-state index in [1.165, 1.54) is 17.8 Å². The molecule has 1 aromatic heterocycles. The summed E-state index contributed by atoms with van der Waals surface area (Å²) in [6, 6.07) is 9.87. The highest BCUT2D eigenvalue weighted by molar-refractivity contribution is 5.90. The molecule has 3 rings (SSSR count). The number of benzene rings is 1. The van der Waals surface area contributed by atoms with Gasteiger partial charge in [0.2, 0.25) is 5.91 Å². The van der Waals surface area contributed by atoms with E-state index < -0.39 is 5.91 Å². The maximum Gasteiger partial charge on any atom is 0.267 e. The molecule has 1 saturated heterocycles. The van der Waals surface area contributed by atoms with Crippen molar-refractivity contribution < 1.29 is 14.8 Å². The molecule has 3 N–H and O–H groups in total. The highest BCUT2D eigenvalue weighted by Gasteiger charge is 2.23. The lowest BCUT2D eigenvalue weighted by Crippen LogP contribution is -2.45. The number of nitrogens with one attached hydrogen (secondary N) is 2. The summed E-state index contributed by atoms with van der Waals surface area (Å²) >= 11 is 0. The summed E-state index contributed by atoms with van der Waals surface area (Å²) < 4.78 is 0. The Balaban J connectivity index is 1.53. The fourth-order valence-corrected chi connectivity index (χ4v) is 3.11. The van der Waals surface area contributed by atoms with Crippen molar-refractivity contribution in [1.82, 2.24) is 20.3 Å². The maximum atomic E-state index is 12.6. The average Bonchev–Trinajstić information content (AvgIpc) is 2.74. The van der Waals surface area contributed by atoms with Crippen molar-refractivity contribution in [2.75, 3.05) is 18.4 Å². The van der Waals surface area contributed by atoms with Gasteiger partial charge in [-0.15, -0.1) is 0 Å². The van der Waals surface area contributed by atoms with Crippen LogP contribution in [-0.2, 0) is 16.0 Å².